The summed E-state index contributed by atoms with van der Waals surface area (Å²) in [7, 11) is 0. The molecule has 2 aromatic rings. The zero-order chi connectivity index (χ0) is 13.7. The summed E-state index contributed by atoms with van der Waals surface area (Å²) >= 11 is 2.32. The third-order valence-corrected chi connectivity index (χ3v) is 3.40. The highest BCUT2D eigenvalue weighted by molar-refractivity contribution is 14.1. The minimum atomic E-state index is 0.581. The molecule has 0 fully saturated rings. The van der Waals surface area contributed by atoms with Crippen LogP contribution in [0.3, 0.4) is 0 Å². The maximum atomic E-state index is 5.63. The average molecular weight is 370 g/mol. The van der Waals surface area contributed by atoms with Crippen LogP contribution in [-0.4, -0.2) is 22.8 Å². The van der Waals surface area contributed by atoms with Crippen LogP contribution >= 0.6 is 22.6 Å². The summed E-state index contributed by atoms with van der Waals surface area (Å²) in [6.07, 6.45) is 3.85. The molecule has 1 heterocycles. The minimum Gasteiger partial charge on any atom is -0.379 e. The van der Waals surface area contributed by atoms with Crippen molar-refractivity contribution in [3.63, 3.8) is 0 Å². The largest absolute Gasteiger partial charge is 0.379 e. The molecular formula is C15H19IN2O. The summed E-state index contributed by atoms with van der Waals surface area (Å²) in [6, 6.07) is 8.39. The van der Waals surface area contributed by atoms with Gasteiger partial charge in [0.1, 0.15) is 5.82 Å². The molecular weight excluding hydrogens is 351 g/mol. The highest BCUT2D eigenvalue weighted by Gasteiger charge is 2.06. The van der Waals surface area contributed by atoms with Gasteiger partial charge >= 0.3 is 0 Å². The van der Waals surface area contributed by atoms with Crippen molar-refractivity contribution < 1.29 is 4.74 Å². The highest BCUT2D eigenvalue weighted by Crippen LogP contribution is 2.19. The standard InChI is InChI=1S/C15H19IN2O/c1-12(2)11-19-9-8-18-7-6-17-15(18)13-4-3-5-14(16)10-13/h3-7,10,12H,8-9,11H2,1-2H3. The third kappa shape index (κ3) is 4.31. The molecule has 0 aliphatic carbocycles. The predicted molar refractivity (Wildman–Crippen MR) is 86.0 cm³/mol. The van der Waals surface area contributed by atoms with Crippen molar-refractivity contribution in [2.75, 3.05) is 13.2 Å². The van der Waals surface area contributed by atoms with Crippen LogP contribution in [0.15, 0.2) is 36.7 Å². The summed E-state index contributed by atoms with van der Waals surface area (Å²) in [5.41, 5.74) is 1.15. The van der Waals surface area contributed by atoms with Crippen molar-refractivity contribution in [2.24, 2.45) is 5.92 Å². The topological polar surface area (TPSA) is 27.1 Å². The van der Waals surface area contributed by atoms with E-state index in [4.69, 9.17) is 4.74 Å². The van der Waals surface area contributed by atoms with Gasteiger partial charge in [-0.1, -0.05) is 26.0 Å². The maximum absolute atomic E-state index is 5.63. The molecule has 0 bridgehead atoms. The molecule has 1 aromatic heterocycles. The number of imidazole rings is 1. The van der Waals surface area contributed by atoms with Gasteiger partial charge in [-0.25, -0.2) is 4.98 Å². The second-order valence-corrected chi connectivity index (χ2v) is 6.17. The fourth-order valence-electron chi connectivity index (χ4n) is 1.86. The van der Waals surface area contributed by atoms with Gasteiger partial charge in [-0.2, -0.15) is 0 Å². The molecule has 102 valence electrons. The average Bonchev–Trinajstić information content (AvgIpc) is 2.83. The fourth-order valence-corrected chi connectivity index (χ4v) is 2.40. The zero-order valence-corrected chi connectivity index (χ0v) is 13.5. The number of ether oxygens (including phenoxy) is 1. The Balaban J connectivity index is 2.02. The molecule has 4 heteroatoms. The van der Waals surface area contributed by atoms with Crippen LogP contribution in [0.25, 0.3) is 11.4 Å². The molecule has 0 radical (unpaired) electrons. The van der Waals surface area contributed by atoms with Gasteiger partial charge in [0.05, 0.1) is 6.61 Å². The number of nitrogens with zero attached hydrogens (tertiary/aromatic N) is 2. The molecule has 3 nitrogen and oxygen atoms in total. The highest BCUT2D eigenvalue weighted by atomic mass is 127. The molecule has 0 atom stereocenters. The number of benzene rings is 1. The predicted octanol–water partition coefficient (Wildman–Crippen LogP) is 3.83. The van der Waals surface area contributed by atoms with E-state index in [0.29, 0.717) is 5.92 Å². The van der Waals surface area contributed by atoms with Gasteiger partial charge in [0.2, 0.25) is 0 Å². The molecule has 0 aliphatic rings. The van der Waals surface area contributed by atoms with Crippen LogP contribution in [0.4, 0.5) is 0 Å². The summed E-state index contributed by atoms with van der Waals surface area (Å²) in [5.74, 6) is 1.59. The molecule has 2 rings (SSSR count). The Bertz CT molecular complexity index is 522. The van der Waals surface area contributed by atoms with Crippen molar-refractivity contribution >= 4 is 22.6 Å². The van der Waals surface area contributed by atoms with E-state index in [0.717, 1.165) is 31.1 Å². The molecule has 19 heavy (non-hydrogen) atoms. The van der Waals surface area contributed by atoms with E-state index in [9.17, 15) is 0 Å². The SMILES string of the molecule is CC(C)COCCn1ccnc1-c1cccc(I)c1. The van der Waals surface area contributed by atoms with Crippen LogP contribution in [0.5, 0.6) is 0 Å². The minimum absolute atomic E-state index is 0.581. The van der Waals surface area contributed by atoms with Gasteiger partial charge in [-0.05, 0) is 40.6 Å². The lowest BCUT2D eigenvalue weighted by Gasteiger charge is -2.10. The van der Waals surface area contributed by atoms with E-state index < -0.39 is 0 Å². The number of hydrogen-bond donors (Lipinski definition) is 0. The maximum Gasteiger partial charge on any atom is 0.139 e. The lowest BCUT2D eigenvalue weighted by Crippen LogP contribution is -2.09. The van der Waals surface area contributed by atoms with E-state index in [1.165, 1.54) is 3.57 Å². The van der Waals surface area contributed by atoms with E-state index in [2.05, 4.69) is 70.3 Å². The Kier molecular flexibility index (Phi) is 5.39. The van der Waals surface area contributed by atoms with E-state index in [1.807, 2.05) is 12.4 Å². The van der Waals surface area contributed by atoms with Crippen LogP contribution < -0.4 is 0 Å². The Hall–Kier alpha value is -0.880. The Labute approximate surface area is 128 Å². The quantitative estimate of drug-likeness (QED) is 0.571. The first-order valence-electron chi connectivity index (χ1n) is 6.51. The van der Waals surface area contributed by atoms with Crippen molar-refractivity contribution in [1.29, 1.82) is 0 Å². The molecule has 0 N–H and O–H groups in total. The molecule has 1 aromatic carbocycles. The second-order valence-electron chi connectivity index (χ2n) is 4.92. The summed E-state index contributed by atoms with van der Waals surface area (Å²) < 4.78 is 9.00. The summed E-state index contributed by atoms with van der Waals surface area (Å²) in [4.78, 5) is 4.45. The molecule has 0 spiro atoms. The molecule has 0 unspecified atom stereocenters. The van der Waals surface area contributed by atoms with E-state index in [1.54, 1.807) is 0 Å². The van der Waals surface area contributed by atoms with Gasteiger partial charge in [0, 0.05) is 34.7 Å². The smallest absolute Gasteiger partial charge is 0.139 e. The number of halogens is 1. The first-order chi connectivity index (χ1) is 9.16. The van der Waals surface area contributed by atoms with Gasteiger partial charge < -0.3 is 9.30 Å². The summed E-state index contributed by atoms with van der Waals surface area (Å²) in [5, 5.41) is 0. The van der Waals surface area contributed by atoms with Gasteiger partial charge in [-0.3, -0.25) is 0 Å². The molecule has 0 aliphatic heterocycles. The number of hydrogen-bond acceptors (Lipinski definition) is 2. The Morgan fingerprint density at radius 3 is 2.95 bits per heavy atom. The van der Waals surface area contributed by atoms with Crippen LogP contribution in [-0.2, 0) is 11.3 Å². The Morgan fingerprint density at radius 1 is 1.37 bits per heavy atom. The monoisotopic (exact) mass is 370 g/mol. The first-order valence-corrected chi connectivity index (χ1v) is 7.59. The molecule has 0 saturated carbocycles. The second kappa shape index (κ2) is 7.05. The van der Waals surface area contributed by atoms with Crippen LogP contribution in [0.1, 0.15) is 13.8 Å². The van der Waals surface area contributed by atoms with Crippen molar-refractivity contribution in [2.45, 2.75) is 20.4 Å². The van der Waals surface area contributed by atoms with Crippen molar-refractivity contribution in [3.8, 4) is 11.4 Å². The number of aromatic nitrogens is 2. The normalized spacial score (nSPS) is 11.2. The number of rotatable bonds is 6. The first kappa shape index (κ1) is 14.5. The Morgan fingerprint density at radius 2 is 2.21 bits per heavy atom. The molecule has 0 saturated heterocycles. The molecule has 0 amide bonds. The third-order valence-electron chi connectivity index (χ3n) is 2.73. The lowest BCUT2D eigenvalue weighted by molar-refractivity contribution is 0.103. The lowest BCUT2D eigenvalue weighted by atomic mass is 10.2. The van der Waals surface area contributed by atoms with Gasteiger partial charge in [-0.15, -0.1) is 0 Å². The fraction of sp³-hybridized carbons (Fsp3) is 0.400. The van der Waals surface area contributed by atoms with E-state index >= 15 is 0 Å². The van der Waals surface area contributed by atoms with Gasteiger partial charge in [0.15, 0.2) is 0 Å². The van der Waals surface area contributed by atoms with Crippen molar-refractivity contribution in [1.82, 2.24) is 9.55 Å². The summed E-state index contributed by atoms with van der Waals surface area (Å²) in [6.45, 7) is 6.70. The van der Waals surface area contributed by atoms with E-state index in [-0.39, 0.29) is 0 Å². The van der Waals surface area contributed by atoms with Gasteiger partial charge in [0.25, 0.3) is 0 Å². The van der Waals surface area contributed by atoms with Crippen LogP contribution in [0, 0.1) is 9.49 Å². The van der Waals surface area contributed by atoms with Crippen molar-refractivity contribution in [3.05, 3.63) is 40.2 Å². The van der Waals surface area contributed by atoms with Crippen LogP contribution in [0.2, 0.25) is 0 Å². The zero-order valence-electron chi connectivity index (χ0n) is 11.3.